The Labute approximate surface area is 126 Å². The molecule has 1 heterocycles. The fraction of sp³-hybridized carbons (Fsp3) is 0.545. The summed E-state index contributed by atoms with van der Waals surface area (Å²) < 4.78 is 0. The minimum absolute atomic E-state index is 0.154. The van der Waals surface area contributed by atoms with Gasteiger partial charge in [0.05, 0.1) is 17.1 Å². The average molecular weight is 318 g/mol. The number of thiocarbonyl (C=S) groups is 1. The number of thiazole rings is 1. The normalized spacial score (nSPS) is 10.0. The van der Waals surface area contributed by atoms with Crippen LogP contribution in [0.4, 0.5) is 0 Å². The van der Waals surface area contributed by atoms with Crippen molar-refractivity contribution in [3.8, 4) is 0 Å². The molecule has 1 aromatic rings. The standard InChI is InChI=1S/C11H18N4OS3/c1-8-13-9(7-19-8)6-10(16)14-15-11(17)12-4-3-5-18-2/h7H,3-6H2,1-2H3,(H,14,16)(H2,12,15,17). The molecule has 0 spiro atoms. The zero-order chi connectivity index (χ0) is 14.1. The Morgan fingerprint density at radius 2 is 2.32 bits per heavy atom. The number of nitrogens with zero attached hydrogens (tertiary/aromatic N) is 1. The molecule has 0 atom stereocenters. The highest BCUT2D eigenvalue weighted by atomic mass is 32.2. The summed E-state index contributed by atoms with van der Waals surface area (Å²) in [7, 11) is 0. The molecule has 0 saturated carbocycles. The molecule has 0 aliphatic rings. The van der Waals surface area contributed by atoms with Crippen molar-refractivity contribution in [1.29, 1.82) is 0 Å². The van der Waals surface area contributed by atoms with Gasteiger partial charge >= 0.3 is 0 Å². The van der Waals surface area contributed by atoms with Gasteiger partial charge in [-0.3, -0.25) is 15.6 Å². The number of aryl methyl sites for hydroxylation is 1. The number of hydrogen-bond donors (Lipinski definition) is 3. The van der Waals surface area contributed by atoms with Crippen LogP contribution in [0.25, 0.3) is 0 Å². The van der Waals surface area contributed by atoms with Gasteiger partial charge in [-0.15, -0.1) is 11.3 Å². The van der Waals surface area contributed by atoms with Crippen molar-refractivity contribution in [2.24, 2.45) is 0 Å². The Bertz CT molecular complexity index is 422. The molecular weight excluding hydrogens is 300 g/mol. The maximum Gasteiger partial charge on any atom is 0.244 e. The van der Waals surface area contributed by atoms with Crippen LogP contribution in [-0.4, -0.2) is 34.6 Å². The van der Waals surface area contributed by atoms with E-state index in [0.29, 0.717) is 5.11 Å². The van der Waals surface area contributed by atoms with Crippen molar-refractivity contribution in [2.45, 2.75) is 19.8 Å². The van der Waals surface area contributed by atoms with Crippen LogP contribution in [0.5, 0.6) is 0 Å². The molecule has 0 aliphatic heterocycles. The Balaban J connectivity index is 2.14. The van der Waals surface area contributed by atoms with E-state index in [4.69, 9.17) is 12.2 Å². The van der Waals surface area contributed by atoms with Gasteiger partial charge in [-0.05, 0) is 37.6 Å². The van der Waals surface area contributed by atoms with Crippen LogP contribution < -0.4 is 16.2 Å². The Morgan fingerprint density at radius 3 is 2.95 bits per heavy atom. The highest BCUT2D eigenvalue weighted by Crippen LogP contribution is 2.07. The minimum Gasteiger partial charge on any atom is -0.361 e. The highest BCUT2D eigenvalue weighted by molar-refractivity contribution is 7.98. The fourth-order valence-electron chi connectivity index (χ4n) is 1.29. The third-order valence-electron chi connectivity index (χ3n) is 2.13. The summed E-state index contributed by atoms with van der Waals surface area (Å²) in [4.78, 5) is 15.8. The first-order valence-corrected chi connectivity index (χ1v) is 8.52. The molecule has 0 unspecified atom stereocenters. The Hall–Kier alpha value is -0.860. The number of hydrogen-bond acceptors (Lipinski definition) is 5. The number of hydrazine groups is 1. The van der Waals surface area contributed by atoms with E-state index in [1.807, 2.05) is 12.3 Å². The molecule has 0 bridgehead atoms. The van der Waals surface area contributed by atoms with Gasteiger partial charge in [-0.2, -0.15) is 11.8 Å². The number of thioether (sulfide) groups is 1. The molecular formula is C11H18N4OS3. The van der Waals surface area contributed by atoms with Crippen LogP contribution in [0, 0.1) is 6.92 Å². The number of amides is 1. The lowest BCUT2D eigenvalue weighted by atomic mass is 10.3. The monoisotopic (exact) mass is 318 g/mol. The number of rotatable bonds is 6. The molecule has 3 N–H and O–H groups in total. The van der Waals surface area contributed by atoms with Gasteiger partial charge in [0.15, 0.2) is 5.11 Å². The van der Waals surface area contributed by atoms with E-state index < -0.39 is 0 Å². The SMILES string of the molecule is CSCCCNC(=S)NNC(=O)Cc1csc(C)n1. The van der Waals surface area contributed by atoms with Crippen LogP contribution >= 0.6 is 35.3 Å². The van der Waals surface area contributed by atoms with Gasteiger partial charge in [0.25, 0.3) is 0 Å². The first-order valence-electron chi connectivity index (χ1n) is 5.84. The Morgan fingerprint density at radius 1 is 1.53 bits per heavy atom. The third kappa shape index (κ3) is 7.34. The summed E-state index contributed by atoms with van der Waals surface area (Å²) in [5.41, 5.74) is 6.00. The van der Waals surface area contributed by atoms with Gasteiger partial charge in [-0.1, -0.05) is 0 Å². The van der Waals surface area contributed by atoms with Gasteiger partial charge in [-0.25, -0.2) is 4.98 Å². The molecule has 106 valence electrons. The Kier molecular flexibility index (Phi) is 7.76. The van der Waals surface area contributed by atoms with Gasteiger partial charge in [0, 0.05) is 11.9 Å². The van der Waals surface area contributed by atoms with E-state index in [0.717, 1.165) is 29.4 Å². The topological polar surface area (TPSA) is 66.0 Å². The lowest BCUT2D eigenvalue weighted by Crippen LogP contribution is -2.47. The van der Waals surface area contributed by atoms with Crippen molar-refractivity contribution in [1.82, 2.24) is 21.2 Å². The van der Waals surface area contributed by atoms with Crippen molar-refractivity contribution < 1.29 is 4.79 Å². The molecule has 1 rings (SSSR count). The van der Waals surface area contributed by atoms with Crippen LogP contribution in [0.2, 0.25) is 0 Å². The van der Waals surface area contributed by atoms with Gasteiger partial charge in [0.2, 0.25) is 5.91 Å². The van der Waals surface area contributed by atoms with Crippen molar-refractivity contribution in [3.63, 3.8) is 0 Å². The first-order chi connectivity index (χ1) is 9.11. The van der Waals surface area contributed by atoms with Crippen molar-refractivity contribution >= 4 is 46.3 Å². The second-order valence-electron chi connectivity index (χ2n) is 3.81. The zero-order valence-electron chi connectivity index (χ0n) is 11.0. The second kappa shape index (κ2) is 9.11. The third-order valence-corrected chi connectivity index (χ3v) is 3.90. The van der Waals surface area contributed by atoms with E-state index in [1.165, 1.54) is 11.3 Å². The number of carbonyl (C=O) groups is 1. The predicted octanol–water partition coefficient (Wildman–Crippen LogP) is 1.24. The number of aromatic nitrogens is 1. The van der Waals surface area contributed by atoms with Crippen LogP contribution in [0.1, 0.15) is 17.1 Å². The maximum absolute atomic E-state index is 11.6. The molecule has 8 heteroatoms. The highest BCUT2D eigenvalue weighted by Gasteiger charge is 2.06. The van der Waals surface area contributed by atoms with E-state index in [-0.39, 0.29) is 12.3 Å². The molecule has 0 aromatic carbocycles. The lowest BCUT2D eigenvalue weighted by molar-refractivity contribution is -0.121. The maximum atomic E-state index is 11.6. The number of nitrogens with one attached hydrogen (secondary N) is 3. The van der Waals surface area contributed by atoms with Crippen molar-refractivity contribution in [2.75, 3.05) is 18.6 Å². The summed E-state index contributed by atoms with van der Waals surface area (Å²) in [6.45, 7) is 2.71. The second-order valence-corrected chi connectivity index (χ2v) is 6.27. The summed E-state index contributed by atoms with van der Waals surface area (Å²) in [6, 6.07) is 0. The summed E-state index contributed by atoms with van der Waals surface area (Å²) in [5, 5.41) is 6.30. The van der Waals surface area contributed by atoms with Gasteiger partial charge < -0.3 is 5.32 Å². The van der Waals surface area contributed by atoms with Gasteiger partial charge in [0.1, 0.15) is 0 Å². The molecule has 0 radical (unpaired) electrons. The van der Waals surface area contributed by atoms with Crippen molar-refractivity contribution in [3.05, 3.63) is 16.1 Å². The lowest BCUT2D eigenvalue weighted by Gasteiger charge is -2.10. The molecule has 5 nitrogen and oxygen atoms in total. The molecule has 0 fully saturated rings. The minimum atomic E-state index is -0.154. The molecule has 1 amide bonds. The fourth-order valence-corrected chi connectivity index (χ4v) is 2.49. The summed E-state index contributed by atoms with van der Waals surface area (Å²) >= 11 is 8.36. The summed E-state index contributed by atoms with van der Waals surface area (Å²) in [5.74, 6) is 0.934. The van der Waals surface area contributed by atoms with E-state index in [1.54, 1.807) is 11.8 Å². The average Bonchev–Trinajstić information content (AvgIpc) is 2.77. The predicted molar refractivity (Wildman–Crippen MR) is 85.4 cm³/mol. The first kappa shape index (κ1) is 16.2. The molecule has 19 heavy (non-hydrogen) atoms. The van der Waals surface area contributed by atoms with E-state index in [2.05, 4.69) is 27.4 Å². The van der Waals surface area contributed by atoms with Crippen LogP contribution in [0.15, 0.2) is 5.38 Å². The molecule has 1 aromatic heterocycles. The largest absolute Gasteiger partial charge is 0.361 e. The quantitative estimate of drug-likeness (QED) is 0.417. The van der Waals surface area contributed by atoms with Crippen LogP contribution in [0.3, 0.4) is 0 Å². The zero-order valence-corrected chi connectivity index (χ0v) is 13.4. The smallest absolute Gasteiger partial charge is 0.244 e. The van der Waals surface area contributed by atoms with Crippen LogP contribution in [-0.2, 0) is 11.2 Å². The molecule has 0 aliphatic carbocycles. The van der Waals surface area contributed by atoms with E-state index >= 15 is 0 Å². The summed E-state index contributed by atoms with van der Waals surface area (Å²) in [6.07, 6.45) is 3.36. The van der Waals surface area contributed by atoms with E-state index in [9.17, 15) is 4.79 Å². The molecule has 0 saturated heterocycles. The number of carbonyl (C=O) groups excluding carboxylic acids is 1.